The molecule has 1 atom stereocenters. The van der Waals surface area contributed by atoms with Crippen molar-refractivity contribution in [2.75, 3.05) is 18.5 Å². The Balaban J connectivity index is 1.49. The van der Waals surface area contributed by atoms with Crippen molar-refractivity contribution in [1.82, 2.24) is 4.90 Å². The summed E-state index contributed by atoms with van der Waals surface area (Å²) in [6.45, 7) is 1.49. The highest BCUT2D eigenvalue weighted by Crippen LogP contribution is 2.22. The van der Waals surface area contributed by atoms with Gasteiger partial charge in [-0.05, 0) is 64.7 Å². The van der Waals surface area contributed by atoms with Crippen LogP contribution in [0.5, 0.6) is 5.75 Å². The predicted octanol–water partition coefficient (Wildman–Crippen LogP) is 4.93. The molecule has 7 nitrogen and oxygen atoms in total. The summed E-state index contributed by atoms with van der Waals surface area (Å²) in [7, 11) is 0. The summed E-state index contributed by atoms with van der Waals surface area (Å²) >= 11 is 1.68. The fraction of sp³-hybridized carbons (Fsp3) is 0.217. The zero-order valence-electron chi connectivity index (χ0n) is 17.0. The number of carbonyl (C=O) groups excluding carboxylic acids is 1. The van der Waals surface area contributed by atoms with Gasteiger partial charge in [0.25, 0.3) is 0 Å². The molecule has 3 rings (SSSR count). The van der Waals surface area contributed by atoms with E-state index in [1.165, 1.54) is 23.6 Å². The molecular weight excluding hydrogens is 416 g/mol. The summed E-state index contributed by atoms with van der Waals surface area (Å²) in [4.78, 5) is 23.9. The average molecular weight is 441 g/mol. The van der Waals surface area contributed by atoms with Crippen LogP contribution in [0.3, 0.4) is 0 Å². The quantitative estimate of drug-likeness (QED) is 0.461. The van der Waals surface area contributed by atoms with Crippen LogP contribution in [0.25, 0.3) is 11.1 Å². The molecule has 0 fully saturated rings. The van der Waals surface area contributed by atoms with Crippen molar-refractivity contribution in [1.29, 1.82) is 0 Å². The third kappa shape index (κ3) is 6.07. The van der Waals surface area contributed by atoms with Crippen molar-refractivity contribution in [2.24, 2.45) is 0 Å². The van der Waals surface area contributed by atoms with E-state index in [1.807, 2.05) is 0 Å². The van der Waals surface area contributed by atoms with Crippen LogP contribution in [0.1, 0.15) is 12.5 Å². The maximum Gasteiger partial charge on any atom is 0.415 e. The first-order valence-electron chi connectivity index (χ1n) is 9.76. The molecule has 0 saturated heterocycles. The maximum atomic E-state index is 12.2. The molecule has 3 amide bonds. The minimum Gasteiger partial charge on any atom is -0.493 e. The number of rotatable bonds is 8. The van der Waals surface area contributed by atoms with E-state index in [2.05, 4.69) is 46.4 Å². The molecule has 0 saturated carbocycles. The molecule has 0 aliphatic carbocycles. The van der Waals surface area contributed by atoms with Crippen LogP contribution in [-0.2, 0) is 6.42 Å². The van der Waals surface area contributed by atoms with Crippen LogP contribution < -0.4 is 10.1 Å². The zero-order chi connectivity index (χ0) is 22.2. The van der Waals surface area contributed by atoms with Gasteiger partial charge in [0.05, 0.1) is 19.3 Å². The lowest BCUT2D eigenvalue weighted by molar-refractivity contribution is 0.120. The van der Waals surface area contributed by atoms with Crippen LogP contribution in [0.4, 0.5) is 15.3 Å². The topological polar surface area (TPSA) is 99.1 Å². The standard InChI is InChI=1S/C23H24N2O5S/c1-16(14-26)25(23(28)29)22(27)24-20-6-8-21(9-7-20)30-12-10-17-2-4-18(5-3-17)19-11-13-31-15-19/h2-9,11,13,15-16,26H,10,12,14H2,1H3,(H,24,27)(H,28,29). The number of carbonyl (C=O) groups is 2. The second-order valence-electron chi connectivity index (χ2n) is 6.95. The van der Waals surface area contributed by atoms with E-state index in [0.29, 0.717) is 22.9 Å². The Bertz CT molecular complexity index is 988. The van der Waals surface area contributed by atoms with Gasteiger partial charge in [0.2, 0.25) is 0 Å². The lowest BCUT2D eigenvalue weighted by Crippen LogP contribution is -2.46. The van der Waals surface area contributed by atoms with Gasteiger partial charge >= 0.3 is 12.1 Å². The van der Waals surface area contributed by atoms with Gasteiger partial charge < -0.3 is 20.3 Å². The Kier molecular flexibility index (Phi) is 7.64. The Hall–Kier alpha value is -3.36. The smallest absolute Gasteiger partial charge is 0.415 e. The third-order valence-corrected chi connectivity index (χ3v) is 5.39. The van der Waals surface area contributed by atoms with E-state index in [4.69, 9.17) is 14.9 Å². The van der Waals surface area contributed by atoms with Crippen molar-refractivity contribution < 1.29 is 24.5 Å². The summed E-state index contributed by atoms with van der Waals surface area (Å²) in [6, 6.07) is 15.5. The van der Waals surface area contributed by atoms with Gasteiger partial charge in [0.15, 0.2) is 0 Å². The van der Waals surface area contributed by atoms with Crippen molar-refractivity contribution in [3.63, 3.8) is 0 Å². The molecule has 3 aromatic rings. The van der Waals surface area contributed by atoms with Gasteiger partial charge in [0, 0.05) is 12.1 Å². The monoisotopic (exact) mass is 440 g/mol. The molecule has 31 heavy (non-hydrogen) atoms. The summed E-state index contributed by atoms with van der Waals surface area (Å²) < 4.78 is 5.77. The van der Waals surface area contributed by atoms with Crippen LogP contribution in [0.15, 0.2) is 65.4 Å². The number of aliphatic hydroxyl groups excluding tert-OH is 1. The van der Waals surface area contributed by atoms with Gasteiger partial charge in [-0.25, -0.2) is 14.5 Å². The molecule has 0 aliphatic heterocycles. The second kappa shape index (κ2) is 10.6. The fourth-order valence-electron chi connectivity index (χ4n) is 2.95. The first kappa shape index (κ1) is 22.3. The van der Waals surface area contributed by atoms with Gasteiger partial charge in [-0.3, -0.25) is 0 Å². The zero-order valence-corrected chi connectivity index (χ0v) is 17.8. The predicted molar refractivity (Wildman–Crippen MR) is 121 cm³/mol. The van der Waals surface area contributed by atoms with Gasteiger partial charge in [-0.1, -0.05) is 24.3 Å². The van der Waals surface area contributed by atoms with E-state index in [-0.39, 0.29) is 0 Å². The third-order valence-electron chi connectivity index (χ3n) is 4.70. The van der Waals surface area contributed by atoms with Crippen molar-refractivity contribution in [2.45, 2.75) is 19.4 Å². The molecule has 0 radical (unpaired) electrons. The number of amides is 3. The number of anilines is 1. The van der Waals surface area contributed by atoms with Crippen LogP contribution in [-0.4, -0.2) is 46.5 Å². The number of hydrogen-bond donors (Lipinski definition) is 3. The molecule has 1 aromatic heterocycles. The minimum absolute atomic E-state index is 0.428. The molecule has 0 aliphatic rings. The van der Waals surface area contributed by atoms with Crippen molar-refractivity contribution >= 4 is 29.1 Å². The highest BCUT2D eigenvalue weighted by Gasteiger charge is 2.26. The van der Waals surface area contributed by atoms with Crippen molar-refractivity contribution in [3.8, 4) is 16.9 Å². The van der Waals surface area contributed by atoms with Crippen LogP contribution in [0, 0.1) is 0 Å². The van der Waals surface area contributed by atoms with Crippen molar-refractivity contribution in [3.05, 3.63) is 70.9 Å². The molecule has 3 N–H and O–H groups in total. The SMILES string of the molecule is CC(CO)N(C(=O)O)C(=O)Nc1ccc(OCCc2ccc(-c3ccsc3)cc2)cc1. The minimum atomic E-state index is -1.43. The highest BCUT2D eigenvalue weighted by atomic mass is 32.1. The number of imide groups is 1. The Morgan fingerprint density at radius 1 is 1.06 bits per heavy atom. The first-order chi connectivity index (χ1) is 15.0. The largest absolute Gasteiger partial charge is 0.493 e. The molecule has 8 heteroatoms. The van der Waals surface area contributed by atoms with Gasteiger partial charge in [-0.15, -0.1) is 0 Å². The van der Waals surface area contributed by atoms with Gasteiger partial charge in [0.1, 0.15) is 5.75 Å². The maximum absolute atomic E-state index is 12.2. The molecule has 1 heterocycles. The van der Waals surface area contributed by atoms with E-state index < -0.39 is 24.8 Å². The van der Waals surface area contributed by atoms with Crippen LogP contribution in [0.2, 0.25) is 0 Å². The normalized spacial score (nSPS) is 11.5. The average Bonchev–Trinajstić information content (AvgIpc) is 3.30. The summed E-state index contributed by atoms with van der Waals surface area (Å²) in [5.74, 6) is 0.645. The van der Waals surface area contributed by atoms with E-state index in [9.17, 15) is 9.59 Å². The Morgan fingerprint density at radius 2 is 1.77 bits per heavy atom. The number of aliphatic hydroxyl groups is 1. The first-order valence-corrected chi connectivity index (χ1v) is 10.7. The van der Waals surface area contributed by atoms with Crippen LogP contribution >= 0.6 is 11.3 Å². The summed E-state index contributed by atoms with van der Waals surface area (Å²) in [6.07, 6.45) is -0.669. The number of nitrogens with zero attached hydrogens (tertiary/aromatic N) is 1. The number of hydrogen-bond acceptors (Lipinski definition) is 5. The lowest BCUT2D eigenvalue weighted by atomic mass is 10.1. The Labute approximate surface area is 184 Å². The summed E-state index contributed by atoms with van der Waals surface area (Å²) in [5.41, 5.74) is 4.02. The number of benzene rings is 2. The lowest BCUT2D eigenvalue weighted by Gasteiger charge is -2.23. The number of urea groups is 1. The molecule has 0 spiro atoms. The molecule has 2 aromatic carbocycles. The fourth-order valence-corrected chi connectivity index (χ4v) is 3.62. The number of carboxylic acid groups (broad SMARTS) is 1. The van der Waals surface area contributed by atoms with E-state index >= 15 is 0 Å². The molecule has 0 bridgehead atoms. The van der Waals surface area contributed by atoms with Gasteiger partial charge in [-0.2, -0.15) is 11.3 Å². The molecule has 1 unspecified atom stereocenters. The molecule has 162 valence electrons. The number of nitrogens with one attached hydrogen (secondary N) is 1. The number of ether oxygens (including phenoxy) is 1. The van der Waals surface area contributed by atoms with E-state index in [1.54, 1.807) is 35.6 Å². The Morgan fingerprint density at radius 3 is 2.35 bits per heavy atom. The highest BCUT2D eigenvalue weighted by molar-refractivity contribution is 7.08. The van der Waals surface area contributed by atoms with E-state index in [0.717, 1.165) is 6.42 Å². The number of thiophene rings is 1. The second-order valence-corrected chi connectivity index (χ2v) is 7.73. The summed E-state index contributed by atoms with van der Waals surface area (Å²) in [5, 5.41) is 25.0. The molecular formula is C23H24N2O5S.